The van der Waals surface area contributed by atoms with E-state index in [1.807, 2.05) is 33.0 Å². The van der Waals surface area contributed by atoms with Gasteiger partial charge in [0, 0.05) is 30.2 Å². The summed E-state index contributed by atoms with van der Waals surface area (Å²) in [5.74, 6) is 0.373. The van der Waals surface area contributed by atoms with Crippen LogP contribution in [0.25, 0.3) is 10.2 Å². The van der Waals surface area contributed by atoms with Gasteiger partial charge in [-0.25, -0.2) is 4.98 Å². The number of rotatable bonds is 6. The Kier molecular flexibility index (Phi) is 4.98. The van der Waals surface area contributed by atoms with E-state index in [1.54, 1.807) is 10.9 Å². The van der Waals surface area contributed by atoms with Crippen LogP contribution in [0.4, 0.5) is 0 Å². The van der Waals surface area contributed by atoms with Crippen molar-refractivity contribution >= 4 is 27.5 Å². The highest BCUT2D eigenvalue weighted by atomic mass is 32.1. The van der Waals surface area contributed by atoms with Crippen LogP contribution in [0, 0.1) is 19.8 Å². The molecule has 0 aromatic carbocycles. The molecule has 0 bridgehead atoms. The van der Waals surface area contributed by atoms with Gasteiger partial charge < -0.3 is 10.3 Å². The molecule has 7 nitrogen and oxygen atoms in total. The second kappa shape index (κ2) is 7.18. The summed E-state index contributed by atoms with van der Waals surface area (Å²) in [6.07, 6.45) is 4.01. The molecular formula is C17H21N5O2S. The average molecular weight is 359 g/mol. The van der Waals surface area contributed by atoms with Gasteiger partial charge in [-0.15, -0.1) is 11.3 Å². The number of aryl methyl sites for hydroxylation is 2. The van der Waals surface area contributed by atoms with Crippen molar-refractivity contribution in [3.8, 4) is 0 Å². The van der Waals surface area contributed by atoms with Gasteiger partial charge in [-0.05, 0) is 25.5 Å². The summed E-state index contributed by atoms with van der Waals surface area (Å²) < 4.78 is 1.73. The lowest BCUT2D eigenvalue weighted by Crippen LogP contribution is -2.33. The first-order valence-corrected chi connectivity index (χ1v) is 9.01. The molecule has 3 heterocycles. The number of carbonyl (C=O) groups excluding carboxylic acids is 1. The Labute approximate surface area is 149 Å². The molecule has 0 spiro atoms. The van der Waals surface area contributed by atoms with Crippen molar-refractivity contribution in [2.24, 2.45) is 5.92 Å². The van der Waals surface area contributed by atoms with E-state index in [2.05, 4.69) is 20.4 Å². The summed E-state index contributed by atoms with van der Waals surface area (Å²) >= 11 is 1.53. The fourth-order valence-electron chi connectivity index (χ4n) is 2.67. The van der Waals surface area contributed by atoms with E-state index in [1.165, 1.54) is 11.3 Å². The molecule has 0 unspecified atom stereocenters. The third kappa shape index (κ3) is 3.79. The van der Waals surface area contributed by atoms with Crippen molar-refractivity contribution in [3.05, 3.63) is 45.1 Å². The quantitative estimate of drug-likeness (QED) is 0.702. The molecule has 1 amide bonds. The number of hydrogen-bond acceptors (Lipinski definition) is 5. The van der Waals surface area contributed by atoms with Crippen LogP contribution < -0.4 is 10.9 Å². The van der Waals surface area contributed by atoms with Crippen molar-refractivity contribution < 1.29 is 4.79 Å². The second-order valence-corrected chi connectivity index (χ2v) is 7.35. The van der Waals surface area contributed by atoms with E-state index in [0.29, 0.717) is 30.7 Å². The van der Waals surface area contributed by atoms with Crippen LogP contribution in [0.5, 0.6) is 0 Å². The van der Waals surface area contributed by atoms with Crippen LogP contribution in [0.2, 0.25) is 0 Å². The smallest absolute Gasteiger partial charge is 0.259 e. The Bertz CT molecular complexity index is 942. The summed E-state index contributed by atoms with van der Waals surface area (Å²) in [5, 5.41) is 7.66. The number of hydrogen-bond donors (Lipinski definition) is 2. The van der Waals surface area contributed by atoms with Gasteiger partial charge >= 0.3 is 0 Å². The fraction of sp³-hybridized carbons (Fsp3) is 0.412. The molecule has 0 fully saturated rings. The minimum atomic E-state index is -0.183. The van der Waals surface area contributed by atoms with Gasteiger partial charge in [0.05, 0.1) is 17.8 Å². The Morgan fingerprint density at radius 2 is 2.24 bits per heavy atom. The lowest BCUT2D eigenvalue weighted by molar-refractivity contribution is -0.124. The first kappa shape index (κ1) is 17.3. The molecule has 0 aliphatic carbocycles. The van der Waals surface area contributed by atoms with Crippen LogP contribution in [0.1, 0.15) is 23.2 Å². The Morgan fingerprint density at radius 3 is 2.96 bits per heavy atom. The van der Waals surface area contributed by atoms with Crippen LogP contribution in [0.15, 0.2) is 23.3 Å². The van der Waals surface area contributed by atoms with E-state index in [-0.39, 0.29) is 17.4 Å². The molecule has 132 valence electrons. The predicted octanol–water partition coefficient (Wildman–Crippen LogP) is 1.79. The molecule has 1 atom stereocenters. The Balaban J connectivity index is 1.59. The van der Waals surface area contributed by atoms with Gasteiger partial charge in [0.15, 0.2) is 0 Å². The Morgan fingerprint density at radius 1 is 1.44 bits per heavy atom. The monoisotopic (exact) mass is 359 g/mol. The minimum absolute atomic E-state index is 0.0401. The van der Waals surface area contributed by atoms with Crippen LogP contribution in [0.3, 0.4) is 0 Å². The number of nitrogens with zero attached hydrogens (tertiary/aromatic N) is 3. The SMILES string of the molecule is Cc1sc2nc(CCNC(=O)[C@H](C)Cn3cccn3)[nH]c(=O)c2c1C. The highest BCUT2D eigenvalue weighted by Gasteiger charge is 2.14. The van der Waals surface area contributed by atoms with Crippen LogP contribution >= 0.6 is 11.3 Å². The van der Waals surface area contributed by atoms with Crippen molar-refractivity contribution in [1.29, 1.82) is 0 Å². The molecule has 0 aliphatic rings. The number of carbonyl (C=O) groups is 1. The molecule has 0 saturated carbocycles. The van der Waals surface area contributed by atoms with E-state index < -0.39 is 0 Å². The molecule has 8 heteroatoms. The third-order valence-electron chi connectivity index (χ3n) is 4.22. The number of amides is 1. The van der Waals surface area contributed by atoms with Gasteiger partial charge in [-0.3, -0.25) is 14.3 Å². The van der Waals surface area contributed by atoms with E-state index in [4.69, 9.17) is 0 Å². The van der Waals surface area contributed by atoms with Crippen molar-refractivity contribution in [1.82, 2.24) is 25.1 Å². The number of H-pyrrole nitrogens is 1. The van der Waals surface area contributed by atoms with E-state index in [0.717, 1.165) is 15.3 Å². The van der Waals surface area contributed by atoms with Gasteiger partial charge in [-0.2, -0.15) is 5.10 Å². The summed E-state index contributed by atoms with van der Waals surface area (Å²) in [6.45, 7) is 6.75. The molecule has 3 aromatic rings. The van der Waals surface area contributed by atoms with Crippen molar-refractivity contribution in [2.75, 3.05) is 6.54 Å². The van der Waals surface area contributed by atoms with Gasteiger partial charge in [0.1, 0.15) is 10.7 Å². The zero-order valence-corrected chi connectivity index (χ0v) is 15.3. The molecule has 3 aromatic heterocycles. The highest BCUT2D eigenvalue weighted by Crippen LogP contribution is 2.25. The van der Waals surface area contributed by atoms with E-state index >= 15 is 0 Å². The lowest BCUT2D eigenvalue weighted by Gasteiger charge is -2.12. The molecule has 0 radical (unpaired) electrons. The van der Waals surface area contributed by atoms with Gasteiger partial charge in [-0.1, -0.05) is 6.92 Å². The first-order valence-electron chi connectivity index (χ1n) is 8.19. The highest BCUT2D eigenvalue weighted by molar-refractivity contribution is 7.18. The Hall–Kier alpha value is -2.48. The van der Waals surface area contributed by atoms with Gasteiger partial charge in [0.2, 0.25) is 5.91 Å². The molecule has 0 saturated heterocycles. The normalized spacial score (nSPS) is 12.4. The lowest BCUT2D eigenvalue weighted by atomic mass is 10.1. The number of aromatic amines is 1. The molecule has 2 N–H and O–H groups in total. The first-order chi connectivity index (χ1) is 12.0. The molecule has 3 rings (SSSR count). The van der Waals surface area contributed by atoms with Crippen molar-refractivity contribution in [2.45, 2.75) is 33.7 Å². The number of fused-ring (bicyclic) bond motifs is 1. The molecular weight excluding hydrogens is 338 g/mol. The summed E-state index contributed by atoms with van der Waals surface area (Å²) in [5.41, 5.74) is 0.876. The average Bonchev–Trinajstić information content (AvgIpc) is 3.16. The fourth-order valence-corrected chi connectivity index (χ4v) is 3.72. The number of thiophene rings is 1. The maximum Gasteiger partial charge on any atom is 0.259 e. The zero-order chi connectivity index (χ0) is 18.0. The topological polar surface area (TPSA) is 92.7 Å². The van der Waals surface area contributed by atoms with E-state index in [9.17, 15) is 9.59 Å². The summed E-state index contributed by atoms with van der Waals surface area (Å²) in [6, 6.07) is 1.83. The summed E-state index contributed by atoms with van der Waals surface area (Å²) in [4.78, 5) is 33.6. The van der Waals surface area contributed by atoms with Crippen LogP contribution in [-0.4, -0.2) is 32.2 Å². The number of nitrogens with one attached hydrogen (secondary N) is 2. The third-order valence-corrected chi connectivity index (χ3v) is 5.32. The minimum Gasteiger partial charge on any atom is -0.355 e. The predicted molar refractivity (Wildman–Crippen MR) is 97.8 cm³/mol. The largest absolute Gasteiger partial charge is 0.355 e. The second-order valence-electron chi connectivity index (χ2n) is 6.15. The summed E-state index contributed by atoms with van der Waals surface area (Å²) in [7, 11) is 0. The maximum absolute atomic E-state index is 12.2. The maximum atomic E-state index is 12.2. The molecule has 0 aliphatic heterocycles. The zero-order valence-electron chi connectivity index (χ0n) is 14.5. The van der Waals surface area contributed by atoms with Crippen molar-refractivity contribution in [3.63, 3.8) is 0 Å². The standard InChI is InChI=1S/C17H21N5O2S/c1-10(9-22-8-4-6-19-22)15(23)18-7-5-13-20-16(24)14-11(2)12(3)25-17(14)21-13/h4,6,8,10H,5,7,9H2,1-3H3,(H,18,23)(H,20,21,24)/t10-/m1/s1. The van der Waals surface area contributed by atoms with Gasteiger partial charge in [0.25, 0.3) is 5.56 Å². The molecule has 25 heavy (non-hydrogen) atoms. The van der Waals surface area contributed by atoms with Crippen LogP contribution in [-0.2, 0) is 17.8 Å². The number of aromatic nitrogens is 4.